The van der Waals surface area contributed by atoms with E-state index in [1.807, 2.05) is 44.3 Å². The van der Waals surface area contributed by atoms with Crippen molar-refractivity contribution in [3.8, 4) is 0 Å². The molecule has 0 bridgehead atoms. The lowest BCUT2D eigenvalue weighted by molar-refractivity contribution is 0.747. The predicted molar refractivity (Wildman–Crippen MR) is 87.2 cm³/mol. The Morgan fingerprint density at radius 1 is 1.14 bits per heavy atom. The van der Waals surface area contributed by atoms with Crippen molar-refractivity contribution in [3.05, 3.63) is 64.1 Å². The second kappa shape index (κ2) is 4.59. The van der Waals surface area contributed by atoms with E-state index in [2.05, 4.69) is 15.0 Å². The molecule has 22 heavy (non-hydrogen) atoms. The van der Waals surface area contributed by atoms with Gasteiger partial charge in [0, 0.05) is 22.8 Å². The van der Waals surface area contributed by atoms with Gasteiger partial charge >= 0.3 is 0 Å². The van der Waals surface area contributed by atoms with E-state index in [1.165, 1.54) is 0 Å². The second-order valence-corrected chi connectivity index (χ2v) is 5.63. The van der Waals surface area contributed by atoms with Crippen molar-refractivity contribution in [2.75, 3.05) is 0 Å². The van der Waals surface area contributed by atoms with Crippen LogP contribution in [0.25, 0.3) is 21.8 Å². The van der Waals surface area contributed by atoms with Gasteiger partial charge in [-0.05, 0) is 31.5 Å². The van der Waals surface area contributed by atoms with E-state index in [4.69, 9.17) is 0 Å². The summed E-state index contributed by atoms with van der Waals surface area (Å²) in [5, 5.41) is 1.76. The van der Waals surface area contributed by atoms with E-state index >= 15 is 0 Å². The van der Waals surface area contributed by atoms with Crippen molar-refractivity contribution in [2.45, 2.75) is 20.4 Å². The third kappa shape index (κ3) is 1.79. The Labute approximate surface area is 126 Å². The number of rotatable bonds is 2. The van der Waals surface area contributed by atoms with Gasteiger partial charge in [0.25, 0.3) is 5.56 Å². The maximum atomic E-state index is 12.9. The Hall–Kier alpha value is -2.82. The monoisotopic (exact) mass is 292 g/mol. The fraction of sp³-hybridized carbons (Fsp3) is 0.176. The number of benzene rings is 1. The van der Waals surface area contributed by atoms with E-state index in [-0.39, 0.29) is 5.56 Å². The van der Waals surface area contributed by atoms with Crippen LogP contribution in [0, 0.1) is 13.8 Å². The molecule has 0 unspecified atom stereocenters. The molecule has 0 atom stereocenters. The Kier molecular flexibility index (Phi) is 2.69. The quantitative estimate of drug-likeness (QED) is 0.596. The number of aryl methyl sites for hydroxylation is 2. The van der Waals surface area contributed by atoms with E-state index in [9.17, 15) is 4.79 Å². The van der Waals surface area contributed by atoms with Gasteiger partial charge in [-0.3, -0.25) is 4.79 Å². The number of aromatic nitrogens is 4. The average molecular weight is 292 g/mol. The number of aromatic amines is 2. The van der Waals surface area contributed by atoms with E-state index < -0.39 is 0 Å². The molecule has 2 N–H and O–H groups in total. The van der Waals surface area contributed by atoms with Gasteiger partial charge in [-0.15, -0.1) is 0 Å². The van der Waals surface area contributed by atoms with Crippen LogP contribution in [0.1, 0.15) is 17.0 Å². The lowest BCUT2D eigenvalue weighted by Gasteiger charge is -2.05. The molecule has 5 heteroatoms. The molecule has 0 radical (unpaired) electrons. The molecule has 0 aliphatic rings. The number of hydrogen-bond acceptors (Lipinski definition) is 2. The molecule has 0 fully saturated rings. The topological polar surface area (TPSA) is 66.5 Å². The van der Waals surface area contributed by atoms with Gasteiger partial charge in [-0.2, -0.15) is 0 Å². The summed E-state index contributed by atoms with van der Waals surface area (Å²) < 4.78 is 1.71. The maximum absolute atomic E-state index is 12.9. The fourth-order valence-corrected chi connectivity index (χ4v) is 3.00. The minimum absolute atomic E-state index is 0.0143. The Balaban J connectivity index is 1.99. The molecule has 3 aromatic heterocycles. The highest BCUT2D eigenvalue weighted by Gasteiger charge is 2.12. The number of fused-ring (bicyclic) bond motifs is 3. The van der Waals surface area contributed by atoms with Crippen LogP contribution in [0.2, 0.25) is 0 Å². The zero-order valence-electron chi connectivity index (χ0n) is 12.5. The molecule has 5 nitrogen and oxygen atoms in total. The Morgan fingerprint density at radius 3 is 2.73 bits per heavy atom. The summed E-state index contributed by atoms with van der Waals surface area (Å²) in [6.45, 7) is 4.47. The number of hydrogen-bond donors (Lipinski definition) is 2. The lowest BCUT2D eigenvalue weighted by Crippen LogP contribution is -2.20. The first-order chi connectivity index (χ1) is 10.6. The van der Waals surface area contributed by atoms with E-state index in [1.54, 1.807) is 10.9 Å². The van der Waals surface area contributed by atoms with Gasteiger partial charge in [0.05, 0.1) is 29.5 Å². The standard InChI is InChI=1S/C17H16N4O/c1-10-4-3-5-12-15(10)16-13(20-12)6-7-21(17(16)22)8-14-11(2)18-9-19-14/h3-7,9,20H,8H2,1-2H3,(H,18,19). The molecule has 0 spiro atoms. The van der Waals surface area contributed by atoms with Crippen molar-refractivity contribution >= 4 is 21.8 Å². The number of pyridine rings is 1. The molecular formula is C17H16N4O. The van der Waals surface area contributed by atoms with Gasteiger partial charge in [0.2, 0.25) is 0 Å². The Morgan fingerprint density at radius 2 is 1.95 bits per heavy atom. The summed E-state index contributed by atoms with van der Waals surface area (Å²) in [7, 11) is 0. The molecule has 110 valence electrons. The molecule has 4 rings (SSSR count). The smallest absolute Gasteiger partial charge is 0.260 e. The van der Waals surface area contributed by atoms with Crippen LogP contribution in [-0.4, -0.2) is 19.5 Å². The van der Waals surface area contributed by atoms with Gasteiger partial charge in [-0.1, -0.05) is 12.1 Å². The highest BCUT2D eigenvalue weighted by molar-refractivity contribution is 6.08. The summed E-state index contributed by atoms with van der Waals surface area (Å²) in [4.78, 5) is 23.5. The number of nitrogens with one attached hydrogen (secondary N) is 2. The van der Waals surface area contributed by atoms with E-state index in [0.29, 0.717) is 6.54 Å². The van der Waals surface area contributed by atoms with Gasteiger partial charge in [-0.25, -0.2) is 4.98 Å². The minimum atomic E-state index is 0.0143. The first-order valence-corrected chi connectivity index (χ1v) is 7.24. The maximum Gasteiger partial charge on any atom is 0.260 e. The van der Waals surface area contributed by atoms with Gasteiger partial charge in [0.15, 0.2) is 0 Å². The summed E-state index contributed by atoms with van der Waals surface area (Å²) in [5.41, 5.74) is 4.88. The third-order valence-electron chi connectivity index (χ3n) is 4.21. The fourth-order valence-electron chi connectivity index (χ4n) is 3.00. The summed E-state index contributed by atoms with van der Waals surface area (Å²) in [6, 6.07) is 7.99. The molecule has 4 aromatic rings. The molecular weight excluding hydrogens is 276 g/mol. The molecule has 0 amide bonds. The van der Waals surface area contributed by atoms with Crippen LogP contribution < -0.4 is 5.56 Å². The number of imidazole rings is 1. The molecule has 0 aliphatic carbocycles. The third-order valence-corrected chi connectivity index (χ3v) is 4.21. The SMILES string of the molecule is Cc1[nH]cnc1Cn1ccc2[nH]c3cccc(C)c3c2c1=O. The Bertz CT molecular complexity index is 1050. The zero-order chi connectivity index (χ0) is 15.3. The van der Waals surface area contributed by atoms with Gasteiger partial charge in [0.1, 0.15) is 0 Å². The summed E-state index contributed by atoms with van der Waals surface area (Å²) >= 11 is 0. The van der Waals surface area contributed by atoms with Gasteiger partial charge < -0.3 is 14.5 Å². The van der Waals surface area contributed by atoms with Crippen molar-refractivity contribution in [2.24, 2.45) is 0 Å². The normalized spacial score (nSPS) is 11.5. The van der Waals surface area contributed by atoms with E-state index in [0.717, 1.165) is 38.8 Å². The number of H-pyrrole nitrogens is 2. The van der Waals surface area contributed by atoms with Crippen LogP contribution in [0.3, 0.4) is 0 Å². The van der Waals surface area contributed by atoms with Crippen molar-refractivity contribution in [3.63, 3.8) is 0 Å². The average Bonchev–Trinajstić information content (AvgIpc) is 3.07. The van der Waals surface area contributed by atoms with Crippen molar-refractivity contribution in [1.82, 2.24) is 19.5 Å². The lowest BCUT2D eigenvalue weighted by atomic mass is 10.1. The first-order valence-electron chi connectivity index (χ1n) is 7.24. The van der Waals surface area contributed by atoms with Crippen LogP contribution in [0.4, 0.5) is 0 Å². The molecule has 0 aliphatic heterocycles. The molecule has 1 aromatic carbocycles. The molecule has 0 saturated carbocycles. The highest BCUT2D eigenvalue weighted by atomic mass is 16.1. The van der Waals surface area contributed by atoms with Crippen LogP contribution >= 0.6 is 0 Å². The highest BCUT2D eigenvalue weighted by Crippen LogP contribution is 2.25. The zero-order valence-corrected chi connectivity index (χ0v) is 12.5. The van der Waals surface area contributed by atoms with Crippen LogP contribution in [-0.2, 0) is 6.54 Å². The van der Waals surface area contributed by atoms with Crippen LogP contribution in [0.15, 0.2) is 41.6 Å². The predicted octanol–water partition coefficient (Wildman–Crippen LogP) is 2.87. The first kappa shape index (κ1) is 12.9. The van der Waals surface area contributed by atoms with Crippen molar-refractivity contribution < 1.29 is 0 Å². The second-order valence-electron chi connectivity index (χ2n) is 5.63. The number of nitrogens with zero attached hydrogens (tertiary/aromatic N) is 2. The minimum Gasteiger partial charge on any atom is -0.354 e. The summed E-state index contributed by atoms with van der Waals surface area (Å²) in [5.74, 6) is 0. The van der Waals surface area contributed by atoms with Crippen molar-refractivity contribution in [1.29, 1.82) is 0 Å². The summed E-state index contributed by atoms with van der Waals surface area (Å²) in [6.07, 6.45) is 3.48. The van der Waals surface area contributed by atoms with Crippen LogP contribution in [0.5, 0.6) is 0 Å². The molecule has 0 saturated heterocycles. The largest absolute Gasteiger partial charge is 0.354 e. The molecule has 3 heterocycles.